The number of rotatable bonds is 2. The Labute approximate surface area is 93.6 Å². The molecule has 0 aromatic carbocycles. The van der Waals surface area contributed by atoms with Gasteiger partial charge in [0.1, 0.15) is 6.04 Å². The number of likely N-dealkylation sites (tertiary alicyclic amines) is 1. The van der Waals surface area contributed by atoms with E-state index in [-0.39, 0.29) is 13.0 Å². The highest BCUT2D eigenvalue weighted by Crippen LogP contribution is 2.21. The molecule has 6 nitrogen and oxygen atoms in total. The molecule has 0 radical (unpaired) electrons. The van der Waals surface area contributed by atoms with Crippen molar-refractivity contribution in [2.24, 2.45) is 0 Å². The second-order valence-corrected chi connectivity index (χ2v) is 3.57. The van der Waals surface area contributed by atoms with Gasteiger partial charge in [-0.3, -0.25) is 4.90 Å². The summed E-state index contributed by atoms with van der Waals surface area (Å²) in [5, 5.41) is 17.9. The molecular weight excluding hydrogens is 247 g/mol. The van der Waals surface area contributed by atoms with Crippen LogP contribution in [0.3, 0.4) is 0 Å². The molecule has 1 heterocycles. The first-order valence-electron chi connectivity index (χ1n) is 4.61. The zero-order chi connectivity index (χ0) is 13.2. The Morgan fingerprint density at radius 3 is 2.47 bits per heavy atom. The molecule has 2 atom stereocenters. The van der Waals surface area contributed by atoms with Crippen LogP contribution in [-0.2, 0) is 9.53 Å². The van der Waals surface area contributed by atoms with E-state index in [1.807, 2.05) is 0 Å². The minimum atomic E-state index is -4.67. The number of ether oxygens (including phenoxy) is 1. The van der Waals surface area contributed by atoms with Crippen molar-refractivity contribution < 1.29 is 37.7 Å². The molecule has 0 aromatic heterocycles. The normalized spacial score (nSPS) is 24.8. The van der Waals surface area contributed by atoms with Crippen LogP contribution in [0, 0.1) is 0 Å². The number of amides is 1. The zero-order valence-corrected chi connectivity index (χ0v) is 8.48. The van der Waals surface area contributed by atoms with E-state index in [0.29, 0.717) is 4.90 Å². The summed E-state index contributed by atoms with van der Waals surface area (Å²) in [6.07, 6.45) is -7.37. The van der Waals surface area contributed by atoms with E-state index in [9.17, 15) is 22.8 Å². The van der Waals surface area contributed by atoms with Crippen molar-refractivity contribution in [2.75, 3.05) is 13.2 Å². The second kappa shape index (κ2) is 4.78. The quantitative estimate of drug-likeness (QED) is 0.738. The van der Waals surface area contributed by atoms with Crippen molar-refractivity contribution in [1.29, 1.82) is 0 Å². The van der Waals surface area contributed by atoms with Crippen molar-refractivity contribution in [3.8, 4) is 0 Å². The Morgan fingerprint density at radius 2 is 2.00 bits per heavy atom. The number of alkyl halides is 3. The van der Waals surface area contributed by atoms with E-state index in [1.165, 1.54) is 0 Å². The zero-order valence-electron chi connectivity index (χ0n) is 8.48. The van der Waals surface area contributed by atoms with Gasteiger partial charge in [0.2, 0.25) is 0 Å². The van der Waals surface area contributed by atoms with Crippen LogP contribution in [0.1, 0.15) is 6.42 Å². The van der Waals surface area contributed by atoms with Crippen LogP contribution in [0.15, 0.2) is 0 Å². The summed E-state index contributed by atoms with van der Waals surface area (Å²) in [4.78, 5) is 22.4. The smallest absolute Gasteiger partial charge is 0.422 e. The standard InChI is InChI=1S/C8H10F3NO5/c9-8(10,11)3-17-7(16)12-2-4(13)1-5(12)6(14)15/h4-5,13H,1-3H2,(H,14,15)/t4-,5+/m1/s1. The van der Waals surface area contributed by atoms with E-state index in [4.69, 9.17) is 10.2 Å². The van der Waals surface area contributed by atoms with Gasteiger partial charge in [0, 0.05) is 6.42 Å². The van der Waals surface area contributed by atoms with Gasteiger partial charge < -0.3 is 14.9 Å². The van der Waals surface area contributed by atoms with Crippen LogP contribution >= 0.6 is 0 Å². The average Bonchev–Trinajstić information content (AvgIpc) is 2.55. The molecule has 0 unspecified atom stereocenters. The minimum Gasteiger partial charge on any atom is -0.480 e. The number of carbonyl (C=O) groups is 2. The Morgan fingerprint density at radius 1 is 1.41 bits per heavy atom. The third kappa shape index (κ3) is 3.77. The van der Waals surface area contributed by atoms with E-state index >= 15 is 0 Å². The lowest BCUT2D eigenvalue weighted by molar-refractivity contribution is -0.163. The highest BCUT2D eigenvalue weighted by Gasteiger charge is 2.41. The molecule has 0 spiro atoms. The first-order chi connectivity index (χ1) is 7.70. The molecule has 0 bridgehead atoms. The third-order valence-corrected chi connectivity index (χ3v) is 2.16. The predicted octanol–water partition coefficient (Wildman–Crippen LogP) is 0.205. The summed E-state index contributed by atoms with van der Waals surface area (Å²) < 4.78 is 39.2. The van der Waals surface area contributed by atoms with Gasteiger partial charge in [-0.2, -0.15) is 13.2 Å². The topological polar surface area (TPSA) is 87.1 Å². The van der Waals surface area contributed by atoms with Crippen molar-refractivity contribution in [1.82, 2.24) is 4.90 Å². The van der Waals surface area contributed by atoms with Crippen LogP contribution in [0.2, 0.25) is 0 Å². The summed E-state index contributed by atoms with van der Waals surface area (Å²) in [6, 6.07) is -1.36. The summed E-state index contributed by atoms with van der Waals surface area (Å²) in [6.45, 7) is -2.14. The summed E-state index contributed by atoms with van der Waals surface area (Å²) in [7, 11) is 0. The van der Waals surface area contributed by atoms with E-state index in [1.54, 1.807) is 0 Å². The number of carboxylic acid groups (broad SMARTS) is 1. The predicted molar refractivity (Wildman–Crippen MR) is 46.2 cm³/mol. The first kappa shape index (κ1) is 13.6. The number of carbonyl (C=O) groups excluding carboxylic acids is 1. The van der Waals surface area contributed by atoms with Gasteiger partial charge in [0.25, 0.3) is 0 Å². The molecular formula is C8H10F3NO5. The van der Waals surface area contributed by atoms with Crippen LogP contribution < -0.4 is 0 Å². The number of aliphatic carboxylic acids is 1. The van der Waals surface area contributed by atoms with Gasteiger partial charge >= 0.3 is 18.2 Å². The van der Waals surface area contributed by atoms with Gasteiger partial charge in [0.15, 0.2) is 6.61 Å². The maximum absolute atomic E-state index is 11.8. The third-order valence-electron chi connectivity index (χ3n) is 2.16. The molecule has 9 heteroatoms. The molecule has 0 aliphatic carbocycles. The summed E-state index contributed by atoms with van der Waals surface area (Å²) >= 11 is 0. The highest BCUT2D eigenvalue weighted by molar-refractivity contribution is 5.80. The molecule has 2 N–H and O–H groups in total. The fraction of sp³-hybridized carbons (Fsp3) is 0.750. The molecule has 1 fully saturated rings. The molecule has 1 amide bonds. The van der Waals surface area contributed by atoms with Crippen molar-refractivity contribution in [3.05, 3.63) is 0 Å². The number of aliphatic hydroxyl groups is 1. The molecule has 1 aliphatic heterocycles. The Bertz CT molecular complexity index is 319. The minimum absolute atomic E-state index is 0.226. The Hall–Kier alpha value is -1.51. The van der Waals surface area contributed by atoms with Crippen LogP contribution in [0.25, 0.3) is 0 Å². The van der Waals surface area contributed by atoms with Gasteiger partial charge in [-0.05, 0) is 0 Å². The Kier molecular flexibility index (Phi) is 3.81. The lowest BCUT2D eigenvalue weighted by Crippen LogP contribution is -2.41. The number of carboxylic acids is 1. The highest BCUT2D eigenvalue weighted by atomic mass is 19.4. The first-order valence-corrected chi connectivity index (χ1v) is 4.61. The fourth-order valence-corrected chi connectivity index (χ4v) is 1.48. The van der Waals surface area contributed by atoms with E-state index in [0.717, 1.165) is 0 Å². The summed E-state index contributed by atoms with van der Waals surface area (Å²) in [5.74, 6) is -1.40. The van der Waals surface area contributed by atoms with Crippen molar-refractivity contribution >= 4 is 12.1 Å². The van der Waals surface area contributed by atoms with Gasteiger partial charge in [-0.15, -0.1) is 0 Å². The van der Waals surface area contributed by atoms with Crippen LogP contribution in [0.4, 0.5) is 18.0 Å². The number of hydrogen-bond acceptors (Lipinski definition) is 4. The maximum atomic E-state index is 11.8. The maximum Gasteiger partial charge on any atom is 0.422 e. The van der Waals surface area contributed by atoms with Crippen molar-refractivity contribution in [3.63, 3.8) is 0 Å². The molecule has 98 valence electrons. The van der Waals surface area contributed by atoms with Gasteiger partial charge in [-0.25, -0.2) is 9.59 Å². The number of hydrogen-bond donors (Lipinski definition) is 2. The van der Waals surface area contributed by atoms with Crippen molar-refractivity contribution in [2.45, 2.75) is 24.7 Å². The molecule has 0 aromatic rings. The second-order valence-electron chi connectivity index (χ2n) is 3.57. The SMILES string of the molecule is O=C(O)[C@@H]1C[C@@H](O)CN1C(=O)OCC(F)(F)F. The van der Waals surface area contributed by atoms with E-state index in [2.05, 4.69) is 4.74 Å². The number of aliphatic hydroxyl groups excluding tert-OH is 1. The van der Waals surface area contributed by atoms with E-state index < -0.39 is 37.0 Å². The average molecular weight is 257 g/mol. The molecule has 1 rings (SSSR count). The molecule has 1 saturated heterocycles. The molecule has 1 aliphatic rings. The fourth-order valence-electron chi connectivity index (χ4n) is 1.48. The largest absolute Gasteiger partial charge is 0.480 e. The monoisotopic (exact) mass is 257 g/mol. The Balaban J connectivity index is 2.59. The number of β-amino-alcohol motifs (C(OH)–C–C–N with tert-alkyl or cyclic N) is 1. The number of nitrogens with zero attached hydrogens (tertiary/aromatic N) is 1. The summed E-state index contributed by atoms with van der Waals surface area (Å²) in [5.41, 5.74) is 0. The van der Waals surface area contributed by atoms with Gasteiger partial charge in [-0.1, -0.05) is 0 Å². The van der Waals surface area contributed by atoms with Gasteiger partial charge in [0.05, 0.1) is 12.6 Å². The van der Waals surface area contributed by atoms with Crippen LogP contribution in [-0.4, -0.2) is 58.6 Å². The van der Waals surface area contributed by atoms with Crippen LogP contribution in [0.5, 0.6) is 0 Å². The molecule has 17 heavy (non-hydrogen) atoms. The lowest BCUT2D eigenvalue weighted by atomic mass is 10.2. The lowest BCUT2D eigenvalue weighted by Gasteiger charge is -2.20. The molecule has 0 saturated carbocycles. The number of halogens is 3.